The maximum Gasteiger partial charge on any atom is 0.167 e. The molecule has 4 heteroatoms. The Bertz CT molecular complexity index is 1140. The molecular formula is C35H46F4. The van der Waals surface area contributed by atoms with E-state index >= 15 is 17.6 Å². The van der Waals surface area contributed by atoms with Crippen molar-refractivity contribution in [2.75, 3.05) is 0 Å². The average molecular weight is 543 g/mol. The van der Waals surface area contributed by atoms with Crippen LogP contribution in [-0.2, 0) is 12.8 Å². The van der Waals surface area contributed by atoms with Crippen molar-refractivity contribution in [1.82, 2.24) is 0 Å². The van der Waals surface area contributed by atoms with Crippen molar-refractivity contribution in [3.63, 3.8) is 0 Å². The second-order valence-electron chi connectivity index (χ2n) is 12.9. The summed E-state index contributed by atoms with van der Waals surface area (Å²) in [6.45, 7) is 4.43. The molecule has 0 saturated heterocycles. The largest absolute Gasteiger partial charge is 0.203 e. The summed E-state index contributed by atoms with van der Waals surface area (Å²) < 4.78 is 61.5. The molecule has 0 aliphatic heterocycles. The predicted molar refractivity (Wildman–Crippen MR) is 152 cm³/mol. The molecule has 0 spiro atoms. The molecule has 0 amide bonds. The molecule has 0 unspecified atom stereocenters. The number of benzene rings is 2. The highest BCUT2D eigenvalue weighted by Crippen LogP contribution is 2.47. The van der Waals surface area contributed by atoms with Gasteiger partial charge in [-0.05, 0) is 90.9 Å². The van der Waals surface area contributed by atoms with Crippen LogP contribution in [0.3, 0.4) is 0 Å². The molecule has 2 fully saturated rings. The van der Waals surface area contributed by atoms with Gasteiger partial charge in [-0.3, -0.25) is 0 Å². The SMILES string of the molecule is CCCCCC1CCC(CCc2cc3c(c(F)c2F)-c2c(cc(C4CCC(CCC)CC4)c(F)c2F)C3)CC1. The van der Waals surface area contributed by atoms with E-state index in [1.54, 1.807) is 12.1 Å². The molecule has 0 heterocycles. The van der Waals surface area contributed by atoms with Gasteiger partial charge in [-0.25, -0.2) is 17.6 Å². The molecule has 0 N–H and O–H groups in total. The molecule has 3 aliphatic carbocycles. The number of fused-ring (bicyclic) bond motifs is 3. The van der Waals surface area contributed by atoms with Gasteiger partial charge < -0.3 is 0 Å². The highest BCUT2D eigenvalue weighted by atomic mass is 19.2. The minimum Gasteiger partial charge on any atom is -0.203 e. The highest BCUT2D eigenvalue weighted by Gasteiger charge is 2.34. The summed E-state index contributed by atoms with van der Waals surface area (Å²) in [6, 6.07) is 3.49. The first-order chi connectivity index (χ1) is 18.9. The summed E-state index contributed by atoms with van der Waals surface area (Å²) in [4.78, 5) is 0. The first kappa shape index (κ1) is 28.7. The molecule has 0 nitrogen and oxygen atoms in total. The van der Waals surface area contributed by atoms with Crippen molar-refractivity contribution in [2.45, 2.75) is 129 Å². The summed E-state index contributed by atoms with van der Waals surface area (Å²) >= 11 is 0. The van der Waals surface area contributed by atoms with Gasteiger partial charge in [0.2, 0.25) is 0 Å². The summed E-state index contributed by atoms with van der Waals surface area (Å²) in [5.41, 5.74) is 1.90. The second-order valence-corrected chi connectivity index (χ2v) is 12.9. The fourth-order valence-corrected chi connectivity index (χ4v) is 7.96. The van der Waals surface area contributed by atoms with Gasteiger partial charge >= 0.3 is 0 Å². The molecule has 2 aromatic rings. The topological polar surface area (TPSA) is 0 Å². The number of unbranched alkanes of at least 4 members (excludes halogenated alkanes) is 2. The van der Waals surface area contributed by atoms with Crippen LogP contribution in [0.4, 0.5) is 17.6 Å². The van der Waals surface area contributed by atoms with Crippen LogP contribution in [-0.4, -0.2) is 0 Å². The van der Waals surface area contributed by atoms with E-state index in [9.17, 15) is 0 Å². The molecular weight excluding hydrogens is 496 g/mol. The number of rotatable bonds is 10. The Labute approximate surface area is 233 Å². The van der Waals surface area contributed by atoms with E-state index in [0.717, 1.165) is 44.4 Å². The number of aryl methyl sites for hydroxylation is 1. The molecule has 5 rings (SSSR count). The summed E-state index contributed by atoms with van der Waals surface area (Å²) in [6.07, 6.45) is 17.9. The smallest absolute Gasteiger partial charge is 0.167 e. The fraction of sp³-hybridized carbons (Fsp3) is 0.657. The van der Waals surface area contributed by atoms with Gasteiger partial charge in [-0.2, -0.15) is 0 Å². The van der Waals surface area contributed by atoms with Gasteiger partial charge in [0.1, 0.15) is 0 Å². The van der Waals surface area contributed by atoms with E-state index < -0.39 is 23.3 Å². The lowest BCUT2D eigenvalue weighted by atomic mass is 9.76. The van der Waals surface area contributed by atoms with Gasteiger partial charge in [0, 0.05) is 11.1 Å². The van der Waals surface area contributed by atoms with Crippen LogP contribution in [0, 0.1) is 41.0 Å². The van der Waals surface area contributed by atoms with Crippen molar-refractivity contribution >= 4 is 0 Å². The summed E-state index contributed by atoms with van der Waals surface area (Å²) in [5, 5.41) is 0. The third-order valence-corrected chi connectivity index (χ3v) is 10.3. The quantitative estimate of drug-likeness (QED) is 0.177. The van der Waals surface area contributed by atoms with Crippen molar-refractivity contribution in [3.8, 4) is 11.1 Å². The van der Waals surface area contributed by atoms with Crippen LogP contribution < -0.4 is 0 Å². The molecule has 2 saturated carbocycles. The molecule has 0 aromatic heterocycles. The van der Waals surface area contributed by atoms with Gasteiger partial charge in [-0.15, -0.1) is 0 Å². The van der Waals surface area contributed by atoms with Crippen LogP contribution in [0.1, 0.15) is 138 Å². The molecule has 39 heavy (non-hydrogen) atoms. The molecule has 0 bridgehead atoms. The Morgan fingerprint density at radius 1 is 0.590 bits per heavy atom. The summed E-state index contributed by atoms with van der Waals surface area (Å²) in [5.74, 6) is -1.70. The molecule has 3 aliphatic rings. The lowest BCUT2D eigenvalue weighted by Gasteiger charge is -2.29. The minimum absolute atomic E-state index is 0.000461. The maximum atomic E-state index is 15.5. The zero-order valence-electron chi connectivity index (χ0n) is 24.0. The number of hydrogen-bond donors (Lipinski definition) is 0. The van der Waals surface area contributed by atoms with E-state index in [1.807, 2.05) is 0 Å². The van der Waals surface area contributed by atoms with Crippen LogP contribution in [0.5, 0.6) is 0 Å². The molecule has 0 radical (unpaired) electrons. The fourth-order valence-electron chi connectivity index (χ4n) is 7.96. The van der Waals surface area contributed by atoms with Gasteiger partial charge in [0.15, 0.2) is 23.3 Å². The van der Waals surface area contributed by atoms with Crippen LogP contribution in [0.25, 0.3) is 11.1 Å². The second kappa shape index (κ2) is 12.8. The molecule has 214 valence electrons. The van der Waals surface area contributed by atoms with Crippen molar-refractivity contribution in [3.05, 3.63) is 57.7 Å². The number of hydrogen-bond acceptors (Lipinski definition) is 0. The van der Waals surface area contributed by atoms with E-state index in [2.05, 4.69) is 13.8 Å². The minimum atomic E-state index is -1.01. The Hall–Kier alpha value is -1.84. The van der Waals surface area contributed by atoms with Crippen LogP contribution >= 0.6 is 0 Å². The van der Waals surface area contributed by atoms with Crippen molar-refractivity contribution < 1.29 is 17.6 Å². The van der Waals surface area contributed by atoms with Gasteiger partial charge in [0.25, 0.3) is 0 Å². The van der Waals surface area contributed by atoms with Crippen molar-refractivity contribution in [1.29, 1.82) is 0 Å². The standard InChI is InChI=1S/C35H46F4/c1-3-5-6-8-23-9-11-24(12-10-23)15-18-26-19-27-20-28-21-29(25-16-13-22(7-4-2)14-17-25)33(37)35(39)31(28)30(27)34(38)32(26)36/h19,21-25H,3-18,20H2,1-2H3. The zero-order chi connectivity index (χ0) is 27.5. The highest BCUT2D eigenvalue weighted by molar-refractivity contribution is 5.79. The number of halogens is 4. The van der Waals surface area contributed by atoms with E-state index in [4.69, 9.17) is 0 Å². The first-order valence-corrected chi connectivity index (χ1v) is 15.9. The monoisotopic (exact) mass is 542 g/mol. The van der Waals surface area contributed by atoms with E-state index in [-0.39, 0.29) is 17.0 Å². The van der Waals surface area contributed by atoms with E-state index in [1.165, 1.54) is 57.8 Å². The van der Waals surface area contributed by atoms with Gasteiger partial charge in [-0.1, -0.05) is 90.2 Å². The molecule has 2 aromatic carbocycles. The third-order valence-electron chi connectivity index (χ3n) is 10.3. The Kier molecular flexibility index (Phi) is 9.39. The zero-order valence-corrected chi connectivity index (χ0v) is 24.0. The normalized spacial score (nSPS) is 24.6. The molecule has 0 atom stereocenters. The Balaban J connectivity index is 1.27. The van der Waals surface area contributed by atoms with Crippen molar-refractivity contribution in [2.24, 2.45) is 17.8 Å². The lowest BCUT2D eigenvalue weighted by molar-refractivity contribution is 0.248. The first-order valence-electron chi connectivity index (χ1n) is 15.9. The third kappa shape index (κ3) is 6.10. The van der Waals surface area contributed by atoms with Gasteiger partial charge in [0.05, 0.1) is 0 Å². The summed E-state index contributed by atoms with van der Waals surface area (Å²) in [7, 11) is 0. The lowest BCUT2D eigenvalue weighted by Crippen LogP contribution is -2.15. The van der Waals surface area contributed by atoms with E-state index in [0.29, 0.717) is 46.9 Å². The predicted octanol–water partition coefficient (Wildman–Crippen LogP) is 11.2. The van der Waals surface area contributed by atoms with Crippen LogP contribution in [0.2, 0.25) is 0 Å². The maximum absolute atomic E-state index is 15.5. The average Bonchev–Trinajstić information content (AvgIpc) is 3.32. The Morgan fingerprint density at radius 2 is 1.15 bits per heavy atom. The van der Waals surface area contributed by atoms with Crippen LogP contribution in [0.15, 0.2) is 12.1 Å². The Morgan fingerprint density at radius 3 is 1.79 bits per heavy atom.